The van der Waals surface area contributed by atoms with Gasteiger partial charge in [0.05, 0.1) is 5.02 Å². The minimum atomic E-state index is -0.584. The van der Waals surface area contributed by atoms with Crippen LogP contribution >= 0.6 is 11.6 Å². The van der Waals surface area contributed by atoms with Crippen LogP contribution in [0.15, 0.2) is 42.5 Å². The molecular weight excluding hydrogens is 322 g/mol. The SMILES string of the molecule is CCc1cccc(CC)c1NC(=O)C(CC)Oc1ccccc1Cl. The summed E-state index contributed by atoms with van der Waals surface area (Å²) in [6.07, 6.45) is 1.71. The molecular formula is C20H24ClNO2. The van der Waals surface area contributed by atoms with Gasteiger partial charge >= 0.3 is 0 Å². The average molecular weight is 346 g/mol. The smallest absolute Gasteiger partial charge is 0.265 e. The Balaban J connectivity index is 2.20. The summed E-state index contributed by atoms with van der Waals surface area (Å²) < 4.78 is 5.83. The van der Waals surface area contributed by atoms with E-state index in [1.165, 1.54) is 0 Å². The van der Waals surface area contributed by atoms with E-state index < -0.39 is 6.10 Å². The van der Waals surface area contributed by atoms with Crippen LogP contribution in [0.2, 0.25) is 5.02 Å². The van der Waals surface area contributed by atoms with Gasteiger partial charge in [0.15, 0.2) is 6.10 Å². The third-order valence-electron chi connectivity index (χ3n) is 4.02. The number of ether oxygens (including phenoxy) is 1. The lowest BCUT2D eigenvalue weighted by Crippen LogP contribution is -2.33. The third-order valence-corrected chi connectivity index (χ3v) is 4.33. The van der Waals surface area contributed by atoms with E-state index in [9.17, 15) is 4.79 Å². The van der Waals surface area contributed by atoms with E-state index in [0.29, 0.717) is 17.2 Å². The maximum absolute atomic E-state index is 12.7. The normalized spacial score (nSPS) is 11.8. The molecule has 0 spiro atoms. The van der Waals surface area contributed by atoms with Gasteiger partial charge in [0.25, 0.3) is 5.91 Å². The van der Waals surface area contributed by atoms with Crippen molar-refractivity contribution < 1.29 is 9.53 Å². The van der Waals surface area contributed by atoms with Gasteiger partial charge in [-0.05, 0) is 42.5 Å². The molecule has 128 valence electrons. The topological polar surface area (TPSA) is 38.3 Å². The minimum Gasteiger partial charge on any atom is -0.479 e. The number of carbonyl (C=O) groups is 1. The van der Waals surface area contributed by atoms with Crippen LogP contribution in [0.4, 0.5) is 5.69 Å². The molecule has 0 aliphatic carbocycles. The quantitative estimate of drug-likeness (QED) is 0.743. The number of halogens is 1. The zero-order chi connectivity index (χ0) is 17.5. The van der Waals surface area contributed by atoms with Crippen molar-refractivity contribution in [2.75, 3.05) is 5.32 Å². The summed E-state index contributed by atoms with van der Waals surface area (Å²) in [4.78, 5) is 12.7. The summed E-state index contributed by atoms with van der Waals surface area (Å²) in [5.41, 5.74) is 3.18. The highest BCUT2D eigenvalue weighted by Gasteiger charge is 2.21. The second kappa shape index (κ2) is 8.74. The van der Waals surface area contributed by atoms with Crippen molar-refractivity contribution in [2.24, 2.45) is 0 Å². The number of hydrogen-bond donors (Lipinski definition) is 1. The largest absolute Gasteiger partial charge is 0.479 e. The van der Waals surface area contributed by atoms with Crippen molar-refractivity contribution in [3.05, 3.63) is 58.6 Å². The monoisotopic (exact) mass is 345 g/mol. The molecule has 1 N–H and O–H groups in total. The van der Waals surface area contributed by atoms with Crippen molar-refractivity contribution >= 4 is 23.2 Å². The fourth-order valence-electron chi connectivity index (χ4n) is 2.62. The molecule has 1 unspecified atom stereocenters. The van der Waals surface area contributed by atoms with Crippen LogP contribution in [-0.2, 0) is 17.6 Å². The Morgan fingerprint density at radius 1 is 1.04 bits per heavy atom. The van der Waals surface area contributed by atoms with Crippen molar-refractivity contribution in [3.63, 3.8) is 0 Å². The first kappa shape index (κ1) is 18.3. The van der Waals surface area contributed by atoms with Crippen molar-refractivity contribution in [2.45, 2.75) is 46.1 Å². The Labute approximate surface area is 149 Å². The first-order valence-electron chi connectivity index (χ1n) is 8.43. The van der Waals surface area contributed by atoms with E-state index in [0.717, 1.165) is 29.7 Å². The third kappa shape index (κ3) is 4.30. The van der Waals surface area contributed by atoms with Gasteiger partial charge in [0.2, 0.25) is 0 Å². The Bertz CT molecular complexity index is 678. The van der Waals surface area contributed by atoms with Gasteiger partial charge in [-0.1, -0.05) is 62.7 Å². The van der Waals surface area contributed by atoms with Gasteiger partial charge < -0.3 is 10.1 Å². The second-order valence-electron chi connectivity index (χ2n) is 5.59. The zero-order valence-corrected chi connectivity index (χ0v) is 15.2. The Morgan fingerprint density at radius 3 is 2.21 bits per heavy atom. The molecule has 0 aliphatic heterocycles. The van der Waals surface area contributed by atoms with Gasteiger partial charge in [-0.2, -0.15) is 0 Å². The maximum Gasteiger partial charge on any atom is 0.265 e. The summed E-state index contributed by atoms with van der Waals surface area (Å²) >= 11 is 6.13. The van der Waals surface area contributed by atoms with Gasteiger partial charge in [-0.15, -0.1) is 0 Å². The van der Waals surface area contributed by atoms with Gasteiger partial charge in [0, 0.05) is 5.69 Å². The summed E-state index contributed by atoms with van der Waals surface area (Å²) in [5.74, 6) is 0.383. The van der Waals surface area contributed by atoms with Crippen LogP contribution in [0.1, 0.15) is 38.3 Å². The molecule has 0 saturated carbocycles. The Hall–Kier alpha value is -2.00. The molecule has 0 bridgehead atoms. The zero-order valence-electron chi connectivity index (χ0n) is 14.4. The lowest BCUT2D eigenvalue weighted by Gasteiger charge is -2.20. The van der Waals surface area contributed by atoms with Crippen LogP contribution in [0.5, 0.6) is 5.75 Å². The van der Waals surface area contributed by atoms with Crippen LogP contribution in [-0.4, -0.2) is 12.0 Å². The molecule has 3 nitrogen and oxygen atoms in total. The van der Waals surface area contributed by atoms with E-state index in [1.807, 2.05) is 37.3 Å². The number of hydrogen-bond acceptors (Lipinski definition) is 2. The standard InChI is InChI=1S/C20H24ClNO2/c1-4-14-10-9-11-15(5-2)19(14)22-20(23)17(6-3)24-18-13-8-7-12-16(18)21/h7-13,17H,4-6H2,1-3H3,(H,22,23). The van der Waals surface area contributed by atoms with Crippen molar-refractivity contribution in [1.29, 1.82) is 0 Å². The molecule has 0 saturated heterocycles. The Morgan fingerprint density at radius 2 is 1.67 bits per heavy atom. The van der Waals surface area contributed by atoms with Crippen LogP contribution < -0.4 is 10.1 Å². The number of carbonyl (C=O) groups excluding carboxylic acids is 1. The van der Waals surface area contributed by atoms with E-state index in [-0.39, 0.29) is 5.91 Å². The highest BCUT2D eigenvalue weighted by molar-refractivity contribution is 6.32. The van der Waals surface area contributed by atoms with Gasteiger partial charge in [-0.3, -0.25) is 4.79 Å². The highest BCUT2D eigenvalue weighted by atomic mass is 35.5. The molecule has 4 heteroatoms. The first-order chi connectivity index (χ1) is 11.6. The van der Waals surface area contributed by atoms with E-state index in [1.54, 1.807) is 12.1 Å². The van der Waals surface area contributed by atoms with Crippen LogP contribution in [0.3, 0.4) is 0 Å². The molecule has 0 aromatic heterocycles. The molecule has 0 aliphatic rings. The number of rotatable bonds is 7. The minimum absolute atomic E-state index is 0.145. The number of anilines is 1. The van der Waals surface area contributed by atoms with Gasteiger partial charge in [-0.25, -0.2) is 0 Å². The van der Waals surface area contributed by atoms with E-state index in [2.05, 4.69) is 19.2 Å². The molecule has 0 fully saturated rings. The summed E-state index contributed by atoms with van der Waals surface area (Å²) in [6.45, 7) is 6.09. The molecule has 2 aromatic carbocycles. The van der Waals surface area contributed by atoms with E-state index >= 15 is 0 Å². The van der Waals surface area contributed by atoms with Crippen LogP contribution in [0.25, 0.3) is 0 Å². The predicted molar refractivity (Wildman–Crippen MR) is 100.0 cm³/mol. The average Bonchev–Trinajstić information content (AvgIpc) is 2.61. The highest BCUT2D eigenvalue weighted by Crippen LogP contribution is 2.26. The summed E-state index contributed by atoms with van der Waals surface area (Å²) in [5, 5.41) is 3.57. The molecule has 2 aromatic rings. The summed E-state index contributed by atoms with van der Waals surface area (Å²) in [7, 11) is 0. The molecule has 24 heavy (non-hydrogen) atoms. The lowest BCUT2D eigenvalue weighted by atomic mass is 10.0. The molecule has 0 radical (unpaired) electrons. The molecule has 1 amide bonds. The van der Waals surface area contributed by atoms with Crippen molar-refractivity contribution in [1.82, 2.24) is 0 Å². The molecule has 2 rings (SSSR count). The van der Waals surface area contributed by atoms with Crippen LogP contribution in [0, 0.1) is 0 Å². The van der Waals surface area contributed by atoms with Crippen molar-refractivity contribution in [3.8, 4) is 5.75 Å². The fourth-order valence-corrected chi connectivity index (χ4v) is 2.80. The maximum atomic E-state index is 12.7. The predicted octanol–water partition coefficient (Wildman–Crippen LogP) is 5.26. The molecule has 1 atom stereocenters. The number of benzene rings is 2. The lowest BCUT2D eigenvalue weighted by molar-refractivity contribution is -0.122. The number of nitrogens with one attached hydrogen (secondary N) is 1. The number of para-hydroxylation sites is 2. The van der Waals surface area contributed by atoms with E-state index in [4.69, 9.17) is 16.3 Å². The second-order valence-corrected chi connectivity index (χ2v) is 6.00. The van der Waals surface area contributed by atoms with Gasteiger partial charge in [0.1, 0.15) is 5.75 Å². The Kier molecular flexibility index (Phi) is 6.68. The number of amides is 1. The first-order valence-corrected chi connectivity index (χ1v) is 8.81. The summed E-state index contributed by atoms with van der Waals surface area (Å²) in [6, 6.07) is 13.3. The molecule has 0 heterocycles. The number of aryl methyl sites for hydroxylation is 2. The fraction of sp³-hybridized carbons (Fsp3) is 0.350.